The number of aryl methyl sites for hydroxylation is 1. The molecule has 0 aliphatic rings. The summed E-state index contributed by atoms with van der Waals surface area (Å²) in [4.78, 5) is 16.8. The first-order chi connectivity index (χ1) is 14.4. The van der Waals surface area contributed by atoms with E-state index >= 15 is 0 Å². The molecule has 0 unspecified atom stereocenters. The second-order valence-corrected chi connectivity index (χ2v) is 7.62. The molecule has 0 saturated carbocycles. The summed E-state index contributed by atoms with van der Waals surface area (Å²) in [5.74, 6) is 0.788. The van der Waals surface area contributed by atoms with Crippen LogP contribution in [0.3, 0.4) is 0 Å². The molecule has 1 amide bonds. The number of oxazole rings is 1. The molecule has 1 aromatic heterocycles. The number of carbonyl (C=O) groups excluding carboxylic acids is 1. The quantitative estimate of drug-likeness (QED) is 0.387. The van der Waals surface area contributed by atoms with Gasteiger partial charge < -0.3 is 14.5 Å². The van der Waals surface area contributed by atoms with Gasteiger partial charge in [-0.15, -0.1) is 0 Å². The normalized spacial score (nSPS) is 10.9. The second kappa shape index (κ2) is 8.38. The maximum Gasteiger partial charge on any atom is 0.262 e. The Kier molecular flexibility index (Phi) is 5.66. The lowest BCUT2D eigenvalue weighted by atomic mass is 10.1. The molecule has 0 bridgehead atoms. The molecule has 4 aromatic rings. The number of ether oxygens (including phenoxy) is 1. The fourth-order valence-electron chi connectivity index (χ4n) is 3.01. The molecular weight excluding hydrogens is 423 g/mol. The summed E-state index contributed by atoms with van der Waals surface area (Å²) in [5, 5.41) is 3.62. The first-order valence-corrected chi connectivity index (χ1v) is 10.0. The van der Waals surface area contributed by atoms with Gasteiger partial charge in [-0.1, -0.05) is 41.4 Å². The van der Waals surface area contributed by atoms with Crippen molar-refractivity contribution < 1.29 is 13.9 Å². The summed E-state index contributed by atoms with van der Waals surface area (Å²) in [6.45, 7) is 3.87. The number of nitrogens with zero attached hydrogens (tertiary/aromatic N) is 1. The number of nitrogens with one attached hydrogen (secondary N) is 1. The number of hydrogen-bond donors (Lipinski definition) is 1. The summed E-state index contributed by atoms with van der Waals surface area (Å²) in [6.07, 6.45) is 0. The van der Waals surface area contributed by atoms with Gasteiger partial charge in [0.25, 0.3) is 5.91 Å². The molecule has 7 heteroatoms. The molecule has 1 heterocycles. The van der Waals surface area contributed by atoms with E-state index in [1.165, 1.54) is 0 Å². The molecule has 0 saturated heterocycles. The van der Waals surface area contributed by atoms with E-state index in [-0.39, 0.29) is 12.5 Å². The smallest absolute Gasteiger partial charge is 0.262 e. The van der Waals surface area contributed by atoms with Gasteiger partial charge >= 0.3 is 0 Å². The van der Waals surface area contributed by atoms with Crippen molar-refractivity contribution in [1.82, 2.24) is 4.98 Å². The highest BCUT2D eigenvalue weighted by Gasteiger charge is 2.14. The highest BCUT2D eigenvalue weighted by atomic mass is 35.5. The zero-order valence-corrected chi connectivity index (χ0v) is 17.8. The largest absolute Gasteiger partial charge is 0.483 e. The van der Waals surface area contributed by atoms with Crippen LogP contribution in [0.1, 0.15) is 11.1 Å². The Morgan fingerprint density at radius 1 is 1.10 bits per heavy atom. The Bertz CT molecular complexity index is 1250. The molecule has 0 atom stereocenters. The molecule has 152 valence electrons. The lowest BCUT2D eigenvalue weighted by molar-refractivity contribution is -0.118. The monoisotopic (exact) mass is 440 g/mol. The minimum absolute atomic E-state index is 0.0927. The van der Waals surface area contributed by atoms with Gasteiger partial charge in [0.2, 0.25) is 5.89 Å². The van der Waals surface area contributed by atoms with Gasteiger partial charge in [0.15, 0.2) is 12.2 Å². The lowest BCUT2D eigenvalue weighted by Crippen LogP contribution is -2.20. The van der Waals surface area contributed by atoms with Crippen molar-refractivity contribution in [1.29, 1.82) is 0 Å². The van der Waals surface area contributed by atoms with E-state index in [1.54, 1.807) is 36.4 Å². The van der Waals surface area contributed by atoms with Crippen molar-refractivity contribution in [3.05, 3.63) is 75.8 Å². The van der Waals surface area contributed by atoms with Crippen molar-refractivity contribution in [2.75, 3.05) is 11.9 Å². The average Bonchev–Trinajstić information content (AvgIpc) is 3.14. The first kappa shape index (κ1) is 20.3. The van der Waals surface area contributed by atoms with Crippen LogP contribution < -0.4 is 10.1 Å². The molecule has 0 fully saturated rings. The Morgan fingerprint density at radius 3 is 2.73 bits per heavy atom. The van der Waals surface area contributed by atoms with Gasteiger partial charge in [0, 0.05) is 5.69 Å². The molecular formula is C23H18Cl2N2O3. The number of halogens is 2. The number of rotatable bonds is 5. The predicted molar refractivity (Wildman–Crippen MR) is 120 cm³/mol. The van der Waals surface area contributed by atoms with Gasteiger partial charge in [0.05, 0.1) is 15.6 Å². The molecule has 0 spiro atoms. The molecule has 1 N–H and O–H groups in total. The van der Waals surface area contributed by atoms with Crippen molar-refractivity contribution in [3.8, 4) is 17.2 Å². The zero-order chi connectivity index (χ0) is 21.3. The van der Waals surface area contributed by atoms with E-state index in [0.717, 1.165) is 11.1 Å². The Labute approximate surface area is 183 Å². The number of amides is 1. The van der Waals surface area contributed by atoms with Crippen LogP contribution in [0.2, 0.25) is 10.0 Å². The van der Waals surface area contributed by atoms with Crippen molar-refractivity contribution in [2.45, 2.75) is 13.8 Å². The number of anilines is 1. The molecule has 0 aliphatic heterocycles. The van der Waals surface area contributed by atoms with E-state index < -0.39 is 0 Å². The van der Waals surface area contributed by atoms with Crippen LogP contribution in [0.25, 0.3) is 22.6 Å². The second-order valence-electron chi connectivity index (χ2n) is 6.84. The fourth-order valence-corrected chi connectivity index (χ4v) is 3.39. The van der Waals surface area contributed by atoms with Gasteiger partial charge in [-0.25, -0.2) is 4.98 Å². The maximum absolute atomic E-state index is 12.3. The summed E-state index contributed by atoms with van der Waals surface area (Å²) in [7, 11) is 0. The minimum Gasteiger partial charge on any atom is -0.483 e. The summed E-state index contributed by atoms with van der Waals surface area (Å²) in [5.41, 5.74) is 4.49. The minimum atomic E-state index is -0.267. The summed E-state index contributed by atoms with van der Waals surface area (Å²) in [6, 6.07) is 16.2. The van der Waals surface area contributed by atoms with Crippen molar-refractivity contribution in [2.24, 2.45) is 0 Å². The van der Waals surface area contributed by atoms with E-state index in [9.17, 15) is 4.79 Å². The molecule has 0 radical (unpaired) electrons. The molecule has 0 aliphatic carbocycles. The third-order valence-corrected chi connectivity index (χ3v) is 5.59. The van der Waals surface area contributed by atoms with Crippen LogP contribution in [0, 0.1) is 13.8 Å². The van der Waals surface area contributed by atoms with Gasteiger partial charge in [0.1, 0.15) is 11.3 Å². The number of hydrogen-bond acceptors (Lipinski definition) is 4. The number of fused-ring (bicyclic) bond motifs is 1. The van der Waals surface area contributed by atoms with E-state index in [2.05, 4.69) is 10.3 Å². The van der Waals surface area contributed by atoms with E-state index in [1.807, 2.05) is 32.0 Å². The van der Waals surface area contributed by atoms with Gasteiger partial charge in [-0.3, -0.25) is 4.79 Å². The average molecular weight is 441 g/mol. The van der Waals surface area contributed by atoms with E-state index in [4.69, 9.17) is 32.4 Å². The summed E-state index contributed by atoms with van der Waals surface area (Å²) >= 11 is 12.3. The third kappa shape index (κ3) is 4.13. The van der Waals surface area contributed by atoms with Crippen LogP contribution in [-0.2, 0) is 4.79 Å². The highest BCUT2D eigenvalue weighted by Crippen LogP contribution is 2.34. The maximum atomic E-state index is 12.3. The highest BCUT2D eigenvalue weighted by molar-refractivity contribution is 6.43. The van der Waals surface area contributed by atoms with Crippen LogP contribution in [-0.4, -0.2) is 17.5 Å². The lowest BCUT2D eigenvalue weighted by Gasteiger charge is -2.11. The van der Waals surface area contributed by atoms with Gasteiger partial charge in [-0.05, 0) is 61.4 Å². The van der Waals surface area contributed by atoms with Crippen molar-refractivity contribution >= 4 is 45.9 Å². The molecule has 30 heavy (non-hydrogen) atoms. The number of benzene rings is 3. The SMILES string of the molecule is Cc1cccc(OCC(=O)Nc2ccc3oc(-c4cccc(Cl)c4Cl)nc3c2)c1C. The Morgan fingerprint density at radius 2 is 1.90 bits per heavy atom. The van der Waals surface area contributed by atoms with Crippen LogP contribution in [0.5, 0.6) is 5.75 Å². The summed E-state index contributed by atoms with van der Waals surface area (Å²) < 4.78 is 11.4. The number of carbonyl (C=O) groups is 1. The van der Waals surface area contributed by atoms with E-state index in [0.29, 0.717) is 44.0 Å². The number of aromatic nitrogens is 1. The molecule has 5 nitrogen and oxygen atoms in total. The molecule has 4 rings (SSSR count). The van der Waals surface area contributed by atoms with Crippen LogP contribution in [0.4, 0.5) is 5.69 Å². The standard InChI is InChI=1S/C23H18Cl2N2O3/c1-13-5-3-8-19(14(13)2)29-12-21(28)26-15-9-10-20-18(11-15)27-23(30-20)16-6-4-7-17(24)22(16)25/h3-11H,12H2,1-2H3,(H,26,28). The van der Waals surface area contributed by atoms with Crippen LogP contribution >= 0.6 is 23.2 Å². The van der Waals surface area contributed by atoms with Gasteiger partial charge in [-0.2, -0.15) is 0 Å². The topological polar surface area (TPSA) is 64.4 Å². The predicted octanol–water partition coefficient (Wildman–Crippen LogP) is 6.44. The molecule has 3 aromatic carbocycles. The zero-order valence-electron chi connectivity index (χ0n) is 16.3. The van der Waals surface area contributed by atoms with Crippen LogP contribution in [0.15, 0.2) is 59.0 Å². The first-order valence-electron chi connectivity index (χ1n) is 9.26. The Hall–Kier alpha value is -3.02. The Balaban J connectivity index is 1.49. The third-order valence-electron chi connectivity index (χ3n) is 4.77. The fraction of sp³-hybridized carbons (Fsp3) is 0.130. The van der Waals surface area contributed by atoms with Crippen molar-refractivity contribution in [3.63, 3.8) is 0 Å².